The predicted molar refractivity (Wildman–Crippen MR) is 100 cm³/mol. The molecule has 1 aliphatic heterocycles. The minimum atomic E-state index is -0.478. The van der Waals surface area contributed by atoms with Gasteiger partial charge in [-0.15, -0.1) is 0 Å². The van der Waals surface area contributed by atoms with E-state index in [4.69, 9.17) is 9.47 Å². The Morgan fingerprint density at radius 3 is 2.72 bits per heavy atom. The topological polar surface area (TPSA) is 88.2 Å². The summed E-state index contributed by atoms with van der Waals surface area (Å²) in [5, 5.41) is 4.53. The smallest absolute Gasteiger partial charge is 0.341 e. The highest BCUT2D eigenvalue weighted by Crippen LogP contribution is 2.26. The summed E-state index contributed by atoms with van der Waals surface area (Å²) in [4.78, 5) is 28.2. The third kappa shape index (κ3) is 4.09. The molecule has 1 fully saturated rings. The molecule has 0 saturated carbocycles. The molecule has 0 N–H and O–H groups in total. The number of carbonyl (C=O) groups excluding carboxylic acids is 1. The number of halogens is 1. The van der Waals surface area contributed by atoms with E-state index in [9.17, 15) is 14.0 Å². The molecule has 8 nitrogen and oxygen atoms in total. The summed E-state index contributed by atoms with van der Waals surface area (Å²) in [6.45, 7) is 1.68. The van der Waals surface area contributed by atoms with Crippen LogP contribution in [0.25, 0.3) is 0 Å². The molecule has 0 atom stereocenters. The van der Waals surface area contributed by atoms with E-state index >= 15 is 0 Å². The molecule has 1 aliphatic rings. The van der Waals surface area contributed by atoms with Crippen LogP contribution in [0.5, 0.6) is 0 Å². The van der Waals surface area contributed by atoms with Gasteiger partial charge in [0.15, 0.2) is 0 Å². The highest BCUT2D eigenvalue weighted by atomic mass is 19.1. The summed E-state index contributed by atoms with van der Waals surface area (Å²) in [6.07, 6.45) is 4.49. The molecule has 0 radical (unpaired) electrons. The van der Waals surface area contributed by atoms with Gasteiger partial charge in [0.05, 0.1) is 50.7 Å². The van der Waals surface area contributed by atoms with Gasteiger partial charge in [0.25, 0.3) is 5.56 Å². The fourth-order valence-corrected chi connectivity index (χ4v) is 3.11. The number of methoxy groups -OCH3 is 1. The molecule has 0 aliphatic carbocycles. The molecule has 4 heterocycles. The van der Waals surface area contributed by atoms with Crippen molar-refractivity contribution in [3.05, 3.63) is 81.5 Å². The van der Waals surface area contributed by atoms with E-state index in [-0.39, 0.29) is 18.0 Å². The van der Waals surface area contributed by atoms with Crippen LogP contribution in [0.3, 0.4) is 0 Å². The lowest BCUT2D eigenvalue weighted by atomic mass is 10.0. The summed E-state index contributed by atoms with van der Waals surface area (Å²) in [5.41, 5.74) is 2.32. The Hall–Kier alpha value is -3.33. The second kappa shape index (κ2) is 7.96. The first-order valence-corrected chi connectivity index (χ1v) is 9.06. The van der Waals surface area contributed by atoms with E-state index in [1.807, 2.05) is 6.07 Å². The number of esters is 1. The van der Waals surface area contributed by atoms with E-state index in [2.05, 4.69) is 10.1 Å². The largest absolute Gasteiger partial charge is 0.465 e. The van der Waals surface area contributed by atoms with Crippen molar-refractivity contribution in [1.29, 1.82) is 0 Å². The van der Waals surface area contributed by atoms with Crippen LogP contribution in [-0.4, -0.2) is 45.6 Å². The SMILES string of the molecule is COC(=O)c1cn(Cc2ccc(Cn3cc(F)ccc3=O)nc2)nc1C1COC1. The molecule has 3 aromatic heterocycles. The van der Waals surface area contributed by atoms with Crippen LogP contribution in [0.15, 0.2) is 47.7 Å². The minimum absolute atomic E-state index is 0.0930. The van der Waals surface area contributed by atoms with E-state index in [0.29, 0.717) is 36.7 Å². The van der Waals surface area contributed by atoms with Crippen molar-refractivity contribution in [3.8, 4) is 0 Å². The Bertz CT molecular complexity index is 1090. The van der Waals surface area contributed by atoms with Crippen LogP contribution in [-0.2, 0) is 22.6 Å². The van der Waals surface area contributed by atoms with Crippen LogP contribution in [0.2, 0.25) is 0 Å². The maximum absolute atomic E-state index is 13.3. The van der Waals surface area contributed by atoms with Gasteiger partial charge in [-0.1, -0.05) is 6.07 Å². The summed E-state index contributed by atoms with van der Waals surface area (Å²) in [7, 11) is 1.34. The quantitative estimate of drug-likeness (QED) is 0.586. The monoisotopic (exact) mass is 398 g/mol. The summed E-state index contributed by atoms with van der Waals surface area (Å²) >= 11 is 0. The van der Waals surface area contributed by atoms with Crippen molar-refractivity contribution in [2.24, 2.45) is 0 Å². The zero-order valence-corrected chi connectivity index (χ0v) is 15.7. The summed E-state index contributed by atoms with van der Waals surface area (Å²) in [6, 6.07) is 5.95. The van der Waals surface area contributed by atoms with Crippen LogP contribution in [0, 0.1) is 5.82 Å². The maximum atomic E-state index is 13.3. The van der Waals surface area contributed by atoms with Crippen LogP contribution in [0.1, 0.15) is 33.2 Å². The van der Waals surface area contributed by atoms with Gasteiger partial charge in [-0.25, -0.2) is 9.18 Å². The van der Waals surface area contributed by atoms with Gasteiger partial charge in [-0.3, -0.25) is 14.5 Å². The third-order valence-electron chi connectivity index (χ3n) is 4.73. The van der Waals surface area contributed by atoms with E-state index in [1.54, 1.807) is 23.1 Å². The van der Waals surface area contributed by atoms with E-state index in [0.717, 1.165) is 17.8 Å². The Morgan fingerprint density at radius 2 is 2.07 bits per heavy atom. The molecule has 150 valence electrons. The molecule has 0 amide bonds. The first-order chi connectivity index (χ1) is 14.0. The third-order valence-corrected chi connectivity index (χ3v) is 4.73. The van der Waals surface area contributed by atoms with Gasteiger partial charge >= 0.3 is 5.97 Å². The number of hydrogen-bond donors (Lipinski definition) is 0. The summed E-state index contributed by atoms with van der Waals surface area (Å²) < 4.78 is 26.3. The predicted octanol–water partition coefficient (Wildman–Crippen LogP) is 1.58. The maximum Gasteiger partial charge on any atom is 0.341 e. The first-order valence-electron chi connectivity index (χ1n) is 9.06. The normalized spacial score (nSPS) is 13.9. The Morgan fingerprint density at radius 1 is 1.24 bits per heavy atom. The standard InChI is InChI=1S/C20H19FN4O4/c1-28-20(27)17-10-25(23-19(17)14-11-29-12-14)7-13-2-4-16(22-6-13)9-24-8-15(21)3-5-18(24)26/h2-6,8,10,14H,7,9,11-12H2,1H3. The number of rotatable bonds is 6. The lowest BCUT2D eigenvalue weighted by Crippen LogP contribution is -2.27. The number of ether oxygens (including phenoxy) is 2. The molecule has 1 saturated heterocycles. The Labute approximate surface area is 165 Å². The zero-order chi connectivity index (χ0) is 20.4. The first kappa shape index (κ1) is 19.0. The number of carbonyl (C=O) groups is 1. The average Bonchev–Trinajstić information content (AvgIpc) is 3.07. The molecule has 29 heavy (non-hydrogen) atoms. The van der Waals surface area contributed by atoms with Crippen molar-refractivity contribution >= 4 is 5.97 Å². The average molecular weight is 398 g/mol. The van der Waals surface area contributed by atoms with Crippen molar-refractivity contribution in [3.63, 3.8) is 0 Å². The lowest BCUT2D eigenvalue weighted by Gasteiger charge is -2.24. The molecule has 0 aromatic carbocycles. The molecule has 3 aromatic rings. The van der Waals surface area contributed by atoms with Crippen LogP contribution in [0.4, 0.5) is 4.39 Å². The zero-order valence-electron chi connectivity index (χ0n) is 15.7. The molecular weight excluding hydrogens is 379 g/mol. The molecule has 0 bridgehead atoms. The van der Waals surface area contributed by atoms with E-state index in [1.165, 1.54) is 17.7 Å². The molecule has 9 heteroatoms. The van der Waals surface area contributed by atoms with Gasteiger partial charge in [0, 0.05) is 24.7 Å². The number of aromatic nitrogens is 4. The van der Waals surface area contributed by atoms with Crippen molar-refractivity contribution in [2.75, 3.05) is 20.3 Å². The van der Waals surface area contributed by atoms with Crippen molar-refractivity contribution in [2.45, 2.75) is 19.0 Å². The Kier molecular flexibility index (Phi) is 5.22. The molecule has 0 spiro atoms. The number of pyridine rings is 2. The Balaban J connectivity index is 1.50. The van der Waals surface area contributed by atoms with Crippen molar-refractivity contribution < 1.29 is 18.7 Å². The van der Waals surface area contributed by atoms with E-state index < -0.39 is 11.8 Å². The summed E-state index contributed by atoms with van der Waals surface area (Å²) in [5.74, 6) is -0.809. The second-order valence-electron chi connectivity index (χ2n) is 6.82. The number of hydrogen-bond acceptors (Lipinski definition) is 6. The molecular formula is C20H19FN4O4. The molecule has 0 unspecified atom stereocenters. The van der Waals surface area contributed by atoms with Crippen molar-refractivity contribution in [1.82, 2.24) is 19.3 Å². The highest BCUT2D eigenvalue weighted by Gasteiger charge is 2.29. The second-order valence-corrected chi connectivity index (χ2v) is 6.82. The lowest BCUT2D eigenvalue weighted by molar-refractivity contribution is 0.00585. The molecule has 4 rings (SSSR count). The van der Waals surface area contributed by atoms with Gasteiger partial charge in [-0.05, 0) is 17.7 Å². The van der Waals surface area contributed by atoms with Gasteiger partial charge in [0.1, 0.15) is 11.4 Å². The van der Waals surface area contributed by atoms with Gasteiger partial charge in [-0.2, -0.15) is 5.10 Å². The number of nitrogens with zero attached hydrogens (tertiary/aromatic N) is 4. The fraction of sp³-hybridized carbons (Fsp3) is 0.300. The minimum Gasteiger partial charge on any atom is -0.465 e. The van der Waals surface area contributed by atoms with Gasteiger partial charge < -0.3 is 14.0 Å². The van der Waals surface area contributed by atoms with Crippen LogP contribution < -0.4 is 5.56 Å². The van der Waals surface area contributed by atoms with Crippen LogP contribution >= 0.6 is 0 Å². The fourth-order valence-electron chi connectivity index (χ4n) is 3.11. The van der Waals surface area contributed by atoms with Gasteiger partial charge in [0.2, 0.25) is 0 Å². The highest BCUT2D eigenvalue weighted by molar-refractivity contribution is 5.90.